The maximum atomic E-state index is 8.64. The molecule has 1 heterocycles. The highest BCUT2D eigenvalue weighted by molar-refractivity contribution is 5.63. The summed E-state index contributed by atoms with van der Waals surface area (Å²) in [7, 11) is 0. The summed E-state index contributed by atoms with van der Waals surface area (Å²) in [5, 5.41) is 17.2. The number of anilines is 1. The van der Waals surface area contributed by atoms with Crippen molar-refractivity contribution < 1.29 is 0 Å². The second kappa shape index (κ2) is 2.89. The Morgan fingerprint density at radius 1 is 1.42 bits per heavy atom. The molecule has 0 saturated carbocycles. The van der Waals surface area contributed by atoms with Crippen LogP contribution in [-0.4, -0.2) is 4.98 Å². The number of rotatable bonds is 0. The second-order valence-electron chi connectivity index (χ2n) is 2.27. The Bertz CT molecular complexity index is 395. The summed E-state index contributed by atoms with van der Waals surface area (Å²) in [5.41, 5.74) is 6.82. The SMILES string of the molecule is Cc1ncc(C#N)c(N)c1C#N. The lowest BCUT2D eigenvalue weighted by Crippen LogP contribution is -1.99. The molecule has 0 aromatic carbocycles. The Balaban J connectivity index is 3.50. The van der Waals surface area contributed by atoms with Gasteiger partial charge in [-0.1, -0.05) is 0 Å². The van der Waals surface area contributed by atoms with E-state index in [1.165, 1.54) is 6.20 Å². The molecule has 0 aliphatic carbocycles. The van der Waals surface area contributed by atoms with Crippen molar-refractivity contribution in [1.82, 2.24) is 4.98 Å². The van der Waals surface area contributed by atoms with E-state index in [2.05, 4.69) is 4.98 Å². The van der Waals surface area contributed by atoms with Gasteiger partial charge in [0.15, 0.2) is 0 Å². The third kappa shape index (κ3) is 1.06. The van der Waals surface area contributed by atoms with E-state index in [4.69, 9.17) is 16.3 Å². The molecule has 0 aliphatic rings. The average molecular weight is 158 g/mol. The minimum Gasteiger partial charge on any atom is -0.396 e. The smallest absolute Gasteiger partial charge is 0.103 e. The van der Waals surface area contributed by atoms with Crippen LogP contribution in [0.5, 0.6) is 0 Å². The van der Waals surface area contributed by atoms with Gasteiger partial charge in [0, 0.05) is 6.20 Å². The summed E-state index contributed by atoms with van der Waals surface area (Å²) in [6, 6.07) is 3.76. The first kappa shape index (κ1) is 8.03. The highest BCUT2D eigenvalue weighted by atomic mass is 14.7. The van der Waals surface area contributed by atoms with Gasteiger partial charge in [-0.05, 0) is 6.92 Å². The van der Waals surface area contributed by atoms with E-state index in [1.807, 2.05) is 12.1 Å². The van der Waals surface area contributed by atoms with E-state index in [0.29, 0.717) is 5.69 Å². The van der Waals surface area contributed by atoms with Crippen molar-refractivity contribution >= 4 is 5.69 Å². The van der Waals surface area contributed by atoms with Gasteiger partial charge in [0.1, 0.15) is 12.1 Å². The van der Waals surface area contributed by atoms with Crippen molar-refractivity contribution in [2.75, 3.05) is 5.73 Å². The molecular weight excluding hydrogens is 152 g/mol. The largest absolute Gasteiger partial charge is 0.396 e. The van der Waals surface area contributed by atoms with Crippen molar-refractivity contribution in [2.45, 2.75) is 6.92 Å². The Labute approximate surface area is 69.9 Å². The van der Waals surface area contributed by atoms with Crippen LogP contribution in [0.2, 0.25) is 0 Å². The molecule has 0 saturated heterocycles. The Hall–Kier alpha value is -2.07. The fraction of sp³-hybridized carbons (Fsp3) is 0.125. The van der Waals surface area contributed by atoms with Crippen molar-refractivity contribution in [3.63, 3.8) is 0 Å². The number of nitrogens with zero attached hydrogens (tertiary/aromatic N) is 3. The van der Waals surface area contributed by atoms with Crippen molar-refractivity contribution in [3.05, 3.63) is 23.0 Å². The lowest BCUT2D eigenvalue weighted by molar-refractivity contribution is 1.17. The zero-order valence-electron chi connectivity index (χ0n) is 6.50. The first-order valence-electron chi connectivity index (χ1n) is 3.26. The quantitative estimate of drug-likeness (QED) is 0.602. The maximum absolute atomic E-state index is 8.64. The fourth-order valence-corrected chi connectivity index (χ4v) is 0.855. The van der Waals surface area contributed by atoms with Crippen LogP contribution in [0.4, 0.5) is 5.69 Å². The number of nitriles is 2. The highest BCUT2D eigenvalue weighted by Gasteiger charge is 2.07. The number of pyridine rings is 1. The summed E-state index contributed by atoms with van der Waals surface area (Å²) in [4.78, 5) is 3.86. The molecule has 0 atom stereocenters. The molecule has 4 heteroatoms. The molecule has 0 fully saturated rings. The first-order valence-corrected chi connectivity index (χ1v) is 3.26. The second-order valence-corrected chi connectivity index (χ2v) is 2.27. The van der Waals surface area contributed by atoms with Crippen LogP contribution in [0, 0.1) is 29.6 Å². The summed E-state index contributed by atoms with van der Waals surface area (Å²) in [6.07, 6.45) is 1.37. The zero-order valence-corrected chi connectivity index (χ0v) is 6.50. The van der Waals surface area contributed by atoms with Crippen LogP contribution in [0.3, 0.4) is 0 Å². The van der Waals surface area contributed by atoms with Crippen molar-refractivity contribution in [2.24, 2.45) is 0 Å². The molecule has 0 radical (unpaired) electrons. The average Bonchev–Trinajstić information content (AvgIpc) is 2.06. The number of hydrogen-bond acceptors (Lipinski definition) is 4. The van der Waals surface area contributed by atoms with E-state index in [9.17, 15) is 0 Å². The van der Waals surface area contributed by atoms with E-state index >= 15 is 0 Å². The maximum Gasteiger partial charge on any atom is 0.103 e. The molecule has 0 spiro atoms. The van der Waals surface area contributed by atoms with Gasteiger partial charge in [-0.15, -0.1) is 0 Å². The minimum absolute atomic E-state index is 0.215. The van der Waals surface area contributed by atoms with Crippen LogP contribution in [0.1, 0.15) is 16.8 Å². The molecule has 4 nitrogen and oxygen atoms in total. The summed E-state index contributed by atoms with van der Waals surface area (Å²) in [5.74, 6) is 0. The molecule has 1 rings (SSSR count). The standard InChI is InChI=1S/C8H6N4/c1-5-7(3-10)8(11)6(2-9)4-12-5/h4H,1H3,(H2,11,12). The topological polar surface area (TPSA) is 86.5 Å². The molecule has 1 aromatic rings. The summed E-state index contributed by atoms with van der Waals surface area (Å²) >= 11 is 0. The van der Waals surface area contributed by atoms with Crippen LogP contribution >= 0.6 is 0 Å². The molecule has 0 bridgehead atoms. The number of aromatic nitrogens is 1. The Kier molecular flexibility index (Phi) is 1.94. The predicted molar refractivity (Wildman–Crippen MR) is 42.8 cm³/mol. The fourth-order valence-electron chi connectivity index (χ4n) is 0.855. The monoisotopic (exact) mass is 158 g/mol. The van der Waals surface area contributed by atoms with Gasteiger partial charge in [0.25, 0.3) is 0 Å². The number of nitrogen functional groups attached to an aromatic ring is 1. The normalized spacial score (nSPS) is 8.58. The van der Waals surface area contributed by atoms with Crippen LogP contribution in [-0.2, 0) is 0 Å². The molecule has 12 heavy (non-hydrogen) atoms. The zero-order chi connectivity index (χ0) is 9.14. The van der Waals surface area contributed by atoms with Gasteiger partial charge >= 0.3 is 0 Å². The van der Waals surface area contributed by atoms with Crippen molar-refractivity contribution in [3.8, 4) is 12.1 Å². The summed E-state index contributed by atoms with van der Waals surface area (Å²) < 4.78 is 0. The lowest BCUT2D eigenvalue weighted by atomic mass is 10.1. The number of nitrogens with two attached hydrogens (primary N) is 1. The van der Waals surface area contributed by atoms with Crippen molar-refractivity contribution in [1.29, 1.82) is 10.5 Å². The Morgan fingerprint density at radius 2 is 2.08 bits per heavy atom. The van der Waals surface area contributed by atoms with Gasteiger partial charge < -0.3 is 5.73 Å². The predicted octanol–water partition coefficient (Wildman–Crippen LogP) is 0.716. The molecular formula is C8H6N4. The van der Waals surface area contributed by atoms with Gasteiger partial charge in [-0.2, -0.15) is 10.5 Å². The van der Waals surface area contributed by atoms with E-state index in [0.717, 1.165) is 0 Å². The minimum atomic E-state index is 0.215. The molecule has 0 aliphatic heterocycles. The third-order valence-corrected chi connectivity index (χ3v) is 1.54. The number of hydrogen-bond donors (Lipinski definition) is 1. The molecule has 0 unspecified atom stereocenters. The van der Waals surface area contributed by atoms with Crippen LogP contribution < -0.4 is 5.73 Å². The Morgan fingerprint density at radius 3 is 2.58 bits per heavy atom. The van der Waals surface area contributed by atoms with E-state index < -0.39 is 0 Å². The summed E-state index contributed by atoms with van der Waals surface area (Å²) in [6.45, 7) is 1.68. The lowest BCUT2D eigenvalue weighted by Gasteiger charge is -2.00. The third-order valence-electron chi connectivity index (χ3n) is 1.54. The van der Waals surface area contributed by atoms with Gasteiger partial charge in [-0.3, -0.25) is 4.98 Å². The van der Waals surface area contributed by atoms with Gasteiger partial charge in [0.05, 0.1) is 22.5 Å². The molecule has 0 amide bonds. The van der Waals surface area contributed by atoms with Crippen LogP contribution in [0.15, 0.2) is 6.20 Å². The first-order chi connectivity index (χ1) is 5.70. The number of aryl methyl sites for hydroxylation is 1. The van der Waals surface area contributed by atoms with Gasteiger partial charge in [0.2, 0.25) is 0 Å². The van der Waals surface area contributed by atoms with Gasteiger partial charge in [-0.25, -0.2) is 0 Å². The molecule has 2 N–H and O–H groups in total. The molecule has 58 valence electrons. The molecule has 1 aromatic heterocycles. The highest BCUT2D eigenvalue weighted by Crippen LogP contribution is 2.16. The van der Waals surface area contributed by atoms with E-state index in [1.54, 1.807) is 6.92 Å². The van der Waals surface area contributed by atoms with Crippen LogP contribution in [0.25, 0.3) is 0 Å². The van der Waals surface area contributed by atoms with E-state index in [-0.39, 0.29) is 16.8 Å².